The van der Waals surface area contributed by atoms with Gasteiger partial charge in [0.05, 0.1) is 5.75 Å². The van der Waals surface area contributed by atoms with Crippen molar-refractivity contribution in [2.75, 3.05) is 12.3 Å². The van der Waals surface area contributed by atoms with Crippen LogP contribution in [0, 0.1) is 0 Å². The number of aromatic nitrogens is 3. The Morgan fingerprint density at radius 3 is 2.86 bits per heavy atom. The Hall–Kier alpha value is -1.57. The summed E-state index contributed by atoms with van der Waals surface area (Å²) < 4.78 is 2.00. The number of likely N-dealkylation sites (tertiary alicyclic amines) is 1. The van der Waals surface area contributed by atoms with Gasteiger partial charge >= 0.3 is 5.97 Å². The van der Waals surface area contributed by atoms with E-state index in [1.807, 2.05) is 4.57 Å². The zero-order chi connectivity index (χ0) is 14.8. The summed E-state index contributed by atoms with van der Waals surface area (Å²) in [6, 6.07) is -0.201. The third-order valence-corrected chi connectivity index (χ3v) is 4.86. The Morgan fingerprint density at radius 2 is 2.14 bits per heavy atom. The van der Waals surface area contributed by atoms with Gasteiger partial charge in [-0.3, -0.25) is 4.79 Å². The van der Waals surface area contributed by atoms with Gasteiger partial charge in [-0.15, -0.1) is 10.2 Å². The largest absolute Gasteiger partial charge is 0.480 e. The van der Waals surface area contributed by atoms with E-state index in [4.69, 9.17) is 0 Å². The molecule has 1 aliphatic carbocycles. The van der Waals surface area contributed by atoms with Gasteiger partial charge in [0.1, 0.15) is 12.4 Å². The van der Waals surface area contributed by atoms with E-state index in [2.05, 4.69) is 10.2 Å². The summed E-state index contributed by atoms with van der Waals surface area (Å²) in [5, 5.41) is 17.9. The van der Waals surface area contributed by atoms with Crippen molar-refractivity contribution >= 4 is 23.6 Å². The van der Waals surface area contributed by atoms with Gasteiger partial charge in [0.15, 0.2) is 5.16 Å². The zero-order valence-corrected chi connectivity index (χ0v) is 12.5. The second-order valence-electron chi connectivity index (χ2n) is 5.48. The average Bonchev–Trinajstić information content (AvgIpc) is 3.23. The fraction of sp³-hybridized carbons (Fsp3) is 0.692. The van der Waals surface area contributed by atoms with Gasteiger partial charge in [-0.25, -0.2) is 4.79 Å². The van der Waals surface area contributed by atoms with Gasteiger partial charge in [-0.1, -0.05) is 11.8 Å². The Balaban J connectivity index is 1.60. The molecule has 1 N–H and O–H groups in total. The van der Waals surface area contributed by atoms with Gasteiger partial charge in [-0.2, -0.15) is 0 Å². The molecule has 1 aromatic heterocycles. The molecule has 1 atom stereocenters. The van der Waals surface area contributed by atoms with Crippen molar-refractivity contribution in [1.82, 2.24) is 19.7 Å². The van der Waals surface area contributed by atoms with Crippen molar-refractivity contribution < 1.29 is 14.7 Å². The van der Waals surface area contributed by atoms with Gasteiger partial charge in [0.2, 0.25) is 5.91 Å². The number of amides is 1. The fourth-order valence-corrected chi connectivity index (χ4v) is 3.50. The van der Waals surface area contributed by atoms with E-state index in [9.17, 15) is 14.7 Å². The molecule has 114 valence electrons. The quantitative estimate of drug-likeness (QED) is 0.821. The van der Waals surface area contributed by atoms with E-state index in [0.717, 1.165) is 30.8 Å². The number of carboxylic acids is 1. The SMILES string of the molecule is O=C(O)C1CCCCN1C(=O)CSc1nncn1C1CC1. The van der Waals surface area contributed by atoms with E-state index in [0.29, 0.717) is 19.0 Å². The Bertz CT molecular complexity index is 543. The molecule has 0 aromatic carbocycles. The fourth-order valence-electron chi connectivity index (χ4n) is 2.63. The first-order chi connectivity index (χ1) is 10.2. The number of piperidine rings is 1. The lowest BCUT2D eigenvalue weighted by Gasteiger charge is -2.32. The third-order valence-electron chi connectivity index (χ3n) is 3.91. The molecule has 3 rings (SSSR count). The second-order valence-corrected chi connectivity index (χ2v) is 6.42. The molecule has 1 saturated carbocycles. The number of hydrogen-bond acceptors (Lipinski definition) is 5. The van der Waals surface area contributed by atoms with Crippen molar-refractivity contribution in [3.63, 3.8) is 0 Å². The minimum atomic E-state index is -0.908. The van der Waals surface area contributed by atoms with E-state index >= 15 is 0 Å². The summed E-state index contributed by atoms with van der Waals surface area (Å²) in [5.41, 5.74) is 0. The topological polar surface area (TPSA) is 88.3 Å². The highest BCUT2D eigenvalue weighted by atomic mass is 32.2. The first-order valence-corrected chi connectivity index (χ1v) is 8.20. The molecule has 2 aliphatic rings. The standard InChI is InChI=1S/C13H18N4O3S/c18-11(16-6-2-1-3-10(16)12(19)20)7-21-13-15-14-8-17(13)9-4-5-9/h8-10H,1-7H2,(H,19,20). The highest BCUT2D eigenvalue weighted by molar-refractivity contribution is 7.99. The minimum absolute atomic E-state index is 0.127. The second kappa shape index (κ2) is 6.05. The van der Waals surface area contributed by atoms with Crippen LogP contribution in [0.5, 0.6) is 0 Å². The molecule has 0 spiro atoms. The maximum Gasteiger partial charge on any atom is 0.326 e. The molecule has 1 aromatic rings. The summed E-state index contributed by atoms with van der Waals surface area (Å²) in [6.07, 6.45) is 6.25. The van der Waals surface area contributed by atoms with Crippen LogP contribution in [0.3, 0.4) is 0 Å². The lowest BCUT2D eigenvalue weighted by atomic mass is 10.0. The number of nitrogens with zero attached hydrogens (tertiary/aromatic N) is 4. The highest BCUT2D eigenvalue weighted by Crippen LogP contribution is 2.37. The van der Waals surface area contributed by atoms with Gasteiger partial charge in [0, 0.05) is 12.6 Å². The molecule has 2 fully saturated rings. The van der Waals surface area contributed by atoms with E-state index in [1.54, 1.807) is 6.33 Å². The molecule has 8 heteroatoms. The predicted molar refractivity (Wildman–Crippen MR) is 76.0 cm³/mol. The van der Waals surface area contributed by atoms with Crippen LogP contribution in [-0.4, -0.2) is 55.0 Å². The van der Waals surface area contributed by atoms with E-state index < -0.39 is 12.0 Å². The molecule has 1 unspecified atom stereocenters. The van der Waals surface area contributed by atoms with Crippen LogP contribution in [0.2, 0.25) is 0 Å². The number of carboxylic acid groups (broad SMARTS) is 1. The Labute approximate surface area is 126 Å². The lowest BCUT2D eigenvalue weighted by molar-refractivity contribution is -0.150. The van der Waals surface area contributed by atoms with Gasteiger partial charge in [-0.05, 0) is 32.1 Å². The first-order valence-electron chi connectivity index (χ1n) is 7.21. The van der Waals surface area contributed by atoms with Crippen LogP contribution in [0.15, 0.2) is 11.5 Å². The number of aliphatic carboxylic acids is 1. The molecule has 1 amide bonds. The van der Waals surface area contributed by atoms with Gasteiger partial charge < -0.3 is 14.6 Å². The molecule has 1 aliphatic heterocycles. The highest BCUT2D eigenvalue weighted by Gasteiger charge is 2.32. The van der Waals surface area contributed by atoms with E-state index in [1.165, 1.54) is 16.7 Å². The summed E-state index contributed by atoms with van der Waals surface area (Å²) in [7, 11) is 0. The normalized spacial score (nSPS) is 22.3. The van der Waals surface area contributed by atoms with E-state index in [-0.39, 0.29) is 11.7 Å². The number of rotatable bonds is 5. The minimum Gasteiger partial charge on any atom is -0.480 e. The first kappa shape index (κ1) is 14.4. The number of carbonyl (C=O) groups excluding carboxylic acids is 1. The molecule has 21 heavy (non-hydrogen) atoms. The van der Waals surface area contributed by atoms with Crippen molar-refractivity contribution in [2.45, 2.75) is 49.3 Å². The Morgan fingerprint density at radius 1 is 1.33 bits per heavy atom. The number of hydrogen-bond donors (Lipinski definition) is 1. The van der Waals surface area contributed by atoms with Crippen molar-refractivity contribution in [3.8, 4) is 0 Å². The number of thioether (sulfide) groups is 1. The Kier molecular flexibility index (Phi) is 4.14. The zero-order valence-electron chi connectivity index (χ0n) is 11.6. The maximum atomic E-state index is 12.3. The van der Waals surface area contributed by atoms with Crippen LogP contribution >= 0.6 is 11.8 Å². The summed E-state index contributed by atoms with van der Waals surface area (Å²) >= 11 is 1.34. The monoisotopic (exact) mass is 310 g/mol. The van der Waals surface area contributed by atoms with Crippen LogP contribution in [0.1, 0.15) is 38.1 Å². The van der Waals surface area contributed by atoms with Crippen molar-refractivity contribution in [2.24, 2.45) is 0 Å². The molecule has 0 bridgehead atoms. The smallest absolute Gasteiger partial charge is 0.326 e. The summed E-state index contributed by atoms with van der Waals surface area (Å²) in [5.74, 6) is -0.818. The summed E-state index contributed by atoms with van der Waals surface area (Å²) in [4.78, 5) is 25.0. The molecule has 7 nitrogen and oxygen atoms in total. The molecule has 1 saturated heterocycles. The predicted octanol–water partition coefficient (Wildman–Crippen LogP) is 1.17. The average molecular weight is 310 g/mol. The molecule has 0 radical (unpaired) electrons. The molecular formula is C13H18N4O3S. The van der Waals surface area contributed by atoms with Crippen LogP contribution < -0.4 is 0 Å². The number of carbonyl (C=O) groups is 2. The molecule has 2 heterocycles. The summed E-state index contributed by atoms with van der Waals surface area (Å²) in [6.45, 7) is 0.533. The lowest BCUT2D eigenvalue weighted by Crippen LogP contribution is -2.48. The van der Waals surface area contributed by atoms with Crippen LogP contribution in [-0.2, 0) is 9.59 Å². The van der Waals surface area contributed by atoms with Gasteiger partial charge in [0.25, 0.3) is 0 Å². The maximum absolute atomic E-state index is 12.3. The van der Waals surface area contributed by atoms with Crippen LogP contribution in [0.4, 0.5) is 0 Å². The molecular weight excluding hydrogens is 292 g/mol. The third kappa shape index (κ3) is 3.20. The van der Waals surface area contributed by atoms with Crippen molar-refractivity contribution in [3.05, 3.63) is 6.33 Å². The van der Waals surface area contributed by atoms with Crippen LogP contribution in [0.25, 0.3) is 0 Å². The van der Waals surface area contributed by atoms with Crippen molar-refractivity contribution in [1.29, 1.82) is 0 Å².